The van der Waals surface area contributed by atoms with Crippen LogP contribution in [0.3, 0.4) is 0 Å². The maximum atomic E-state index is 11.9. The number of carbonyl (C=O) groups excluding carboxylic acids is 2. The number of esters is 1. The number of fused-ring (bicyclic) bond motifs is 1. The number of amides is 1. The van der Waals surface area contributed by atoms with Crippen LogP contribution in [0.25, 0.3) is 10.8 Å². The van der Waals surface area contributed by atoms with Gasteiger partial charge in [0.1, 0.15) is 13.2 Å². The van der Waals surface area contributed by atoms with Gasteiger partial charge in [0.15, 0.2) is 0 Å². The lowest BCUT2D eigenvalue weighted by molar-refractivity contribution is -0.143. The second-order valence-corrected chi connectivity index (χ2v) is 5.35. The van der Waals surface area contributed by atoms with Gasteiger partial charge in [-0.05, 0) is 28.5 Å². The summed E-state index contributed by atoms with van der Waals surface area (Å²) in [6.07, 6.45) is 0. The van der Waals surface area contributed by atoms with E-state index in [9.17, 15) is 9.59 Å². The number of nitrogens with one attached hydrogen (secondary N) is 1. The van der Waals surface area contributed by atoms with E-state index in [1.807, 2.05) is 48.5 Å². The van der Waals surface area contributed by atoms with Crippen LogP contribution in [0.1, 0.15) is 15.9 Å². The SMILES string of the molecule is O=C(CNC(=O)c1ccccc1)OCc1cccc2ccccc12. The molecule has 0 aliphatic carbocycles. The summed E-state index contributed by atoms with van der Waals surface area (Å²) in [6, 6.07) is 22.6. The Kier molecular flexibility index (Phi) is 4.87. The van der Waals surface area contributed by atoms with Gasteiger partial charge in [-0.3, -0.25) is 9.59 Å². The minimum Gasteiger partial charge on any atom is -0.459 e. The maximum absolute atomic E-state index is 11.9. The average molecular weight is 319 g/mol. The van der Waals surface area contributed by atoms with Gasteiger partial charge >= 0.3 is 5.97 Å². The van der Waals surface area contributed by atoms with Crippen molar-refractivity contribution in [2.75, 3.05) is 6.54 Å². The van der Waals surface area contributed by atoms with Crippen molar-refractivity contribution >= 4 is 22.6 Å². The topological polar surface area (TPSA) is 55.4 Å². The van der Waals surface area contributed by atoms with Crippen LogP contribution in [0, 0.1) is 0 Å². The standard InChI is InChI=1S/C20H17NO3/c22-19(13-21-20(23)16-8-2-1-3-9-16)24-14-17-11-6-10-15-7-4-5-12-18(15)17/h1-12H,13-14H2,(H,21,23). The third-order valence-corrected chi connectivity index (χ3v) is 3.70. The minimum atomic E-state index is -0.466. The fourth-order valence-electron chi connectivity index (χ4n) is 2.47. The summed E-state index contributed by atoms with van der Waals surface area (Å²) in [6.45, 7) is 0.0277. The van der Waals surface area contributed by atoms with E-state index in [1.54, 1.807) is 24.3 Å². The smallest absolute Gasteiger partial charge is 0.325 e. The number of hydrogen-bond acceptors (Lipinski definition) is 3. The van der Waals surface area contributed by atoms with Crippen molar-refractivity contribution in [3.05, 3.63) is 83.9 Å². The highest BCUT2D eigenvalue weighted by Crippen LogP contribution is 2.19. The molecule has 0 saturated heterocycles. The van der Waals surface area contributed by atoms with Crippen molar-refractivity contribution in [2.45, 2.75) is 6.61 Å². The first-order valence-electron chi connectivity index (χ1n) is 7.69. The van der Waals surface area contributed by atoms with Crippen LogP contribution in [-0.2, 0) is 16.1 Å². The molecule has 120 valence electrons. The molecule has 0 aliphatic heterocycles. The molecule has 0 aliphatic rings. The molecule has 4 heteroatoms. The maximum Gasteiger partial charge on any atom is 0.325 e. The van der Waals surface area contributed by atoms with E-state index < -0.39 is 5.97 Å². The van der Waals surface area contributed by atoms with Crippen molar-refractivity contribution < 1.29 is 14.3 Å². The molecule has 0 radical (unpaired) electrons. The minimum absolute atomic E-state index is 0.154. The number of rotatable bonds is 5. The van der Waals surface area contributed by atoms with Gasteiger partial charge in [0, 0.05) is 5.56 Å². The van der Waals surface area contributed by atoms with Gasteiger partial charge in [0.05, 0.1) is 0 Å². The lowest BCUT2D eigenvalue weighted by atomic mass is 10.1. The van der Waals surface area contributed by atoms with Gasteiger partial charge in [0.25, 0.3) is 5.91 Å². The van der Waals surface area contributed by atoms with E-state index in [-0.39, 0.29) is 19.1 Å². The molecule has 24 heavy (non-hydrogen) atoms. The Morgan fingerprint density at radius 3 is 2.38 bits per heavy atom. The van der Waals surface area contributed by atoms with E-state index in [0.717, 1.165) is 16.3 Å². The number of hydrogen-bond donors (Lipinski definition) is 1. The zero-order valence-corrected chi connectivity index (χ0v) is 13.1. The van der Waals surface area contributed by atoms with Crippen molar-refractivity contribution in [3.63, 3.8) is 0 Å². The van der Waals surface area contributed by atoms with E-state index in [0.29, 0.717) is 5.56 Å². The molecule has 0 unspecified atom stereocenters. The van der Waals surface area contributed by atoms with Crippen LogP contribution >= 0.6 is 0 Å². The molecule has 0 spiro atoms. The van der Waals surface area contributed by atoms with Crippen LogP contribution in [0.2, 0.25) is 0 Å². The summed E-state index contributed by atoms with van der Waals surface area (Å²) < 4.78 is 5.27. The van der Waals surface area contributed by atoms with Crippen LogP contribution in [0.5, 0.6) is 0 Å². The quantitative estimate of drug-likeness (QED) is 0.734. The molecule has 0 atom stereocenters. The molecule has 1 N–H and O–H groups in total. The monoisotopic (exact) mass is 319 g/mol. The highest BCUT2D eigenvalue weighted by atomic mass is 16.5. The first kappa shape index (κ1) is 15.7. The summed E-state index contributed by atoms with van der Waals surface area (Å²) in [5.41, 5.74) is 1.45. The highest BCUT2D eigenvalue weighted by molar-refractivity contribution is 5.95. The molecule has 1 amide bonds. The molecule has 3 aromatic carbocycles. The molecule has 0 bridgehead atoms. The second-order valence-electron chi connectivity index (χ2n) is 5.35. The van der Waals surface area contributed by atoms with Gasteiger partial charge in [-0.25, -0.2) is 0 Å². The van der Waals surface area contributed by atoms with Gasteiger partial charge in [-0.2, -0.15) is 0 Å². The predicted octanol–water partition coefficient (Wildman–Crippen LogP) is 3.31. The Morgan fingerprint density at radius 2 is 1.54 bits per heavy atom. The lowest BCUT2D eigenvalue weighted by Crippen LogP contribution is -2.30. The van der Waals surface area contributed by atoms with E-state index in [2.05, 4.69) is 5.32 Å². The average Bonchev–Trinajstić information content (AvgIpc) is 2.65. The molecule has 0 saturated carbocycles. The summed E-state index contributed by atoms with van der Waals surface area (Å²) in [4.78, 5) is 23.7. The molecule has 3 rings (SSSR count). The Labute approximate surface area is 140 Å². The Bertz CT molecular complexity index is 854. The predicted molar refractivity (Wildman–Crippen MR) is 92.5 cm³/mol. The fraction of sp³-hybridized carbons (Fsp3) is 0.100. The number of benzene rings is 3. The molecule has 4 nitrogen and oxygen atoms in total. The Morgan fingerprint density at radius 1 is 0.833 bits per heavy atom. The van der Waals surface area contributed by atoms with Crippen LogP contribution in [0.4, 0.5) is 0 Å². The summed E-state index contributed by atoms with van der Waals surface area (Å²) in [5, 5.41) is 4.72. The van der Waals surface area contributed by atoms with Gasteiger partial charge in [-0.1, -0.05) is 60.7 Å². The Hall–Kier alpha value is -3.14. The van der Waals surface area contributed by atoms with Gasteiger partial charge < -0.3 is 10.1 Å². The first-order valence-corrected chi connectivity index (χ1v) is 7.69. The molecular weight excluding hydrogens is 302 g/mol. The summed E-state index contributed by atoms with van der Waals surface area (Å²) >= 11 is 0. The van der Waals surface area contributed by atoms with Crippen molar-refractivity contribution in [2.24, 2.45) is 0 Å². The molecule has 0 heterocycles. The fourth-order valence-corrected chi connectivity index (χ4v) is 2.47. The van der Waals surface area contributed by atoms with Crippen LogP contribution in [-0.4, -0.2) is 18.4 Å². The van der Waals surface area contributed by atoms with Crippen molar-refractivity contribution in [1.29, 1.82) is 0 Å². The zero-order valence-electron chi connectivity index (χ0n) is 13.1. The third kappa shape index (κ3) is 3.79. The lowest BCUT2D eigenvalue weighted by Gasteiger charge is -2.09. The normalized spacial score (nSPS) is 10.3. The van der Waals surface area contributed by atoms with Crippen molar-refractivity contribution in [1.82, 2.24) is 5.32 Å². The van der Waals surface area contributed by atoms with Crippen molar-refractivity contribution in [3.8, 4) is 0 Å². The zero-order chi connectivity index (χ0) is 16.8. The summed E-state index contributed by atoms with van der Waals surface area (Å²) in [7, 11) is 0. The molecule has 0 aromatic heterocycles. The van der Waals surface area contributed by atoms with E-state index >= 15 is 0 Å². The van der Waals surface area contributed by atoms with E-state index in [4.69, 9.17) is 4.74 Å². The first-order chi connectivity index (χ1) is 11.7. The third-order valence-electron chi connectivity index (χ3n) is 3.70. The molecule has 3 aromatic rings. The largest absolute Gasteiger partial charge is 0.459 e. The van der Waals surface area contributed by atoms with Gasteiger partial charge in [-0.15, -0.1) is 0 Å². The Balaban J connectivity index is 1.55. The number of ether oxygens (including phenoxy) is 1. The second kappa shape index (κ2) is 7.42. The molecule has 0 fully saturated rings. The van der Waals surface area contributed by atoms with Crippen LogP contribution in [0.15, 0.2) is 72.8 Å². The molecular formula is C20H17NO3. The number of carbonyl (C=O) groups is 2. The summed E-state index contributed by atoms with van der Waals surface area (Å²) in [5.74, 6) is -0.759. The van der Waals surface area contributed by atoms with E-state index in [1.165, 1.54) is 0 Å². The van der Waals surface area contributed by atoms with Crippen LogP contribution < -0.4 is 5.32 Å². The highest BCUT2D eigenvalue weighted by Gasteiger charge is 2.09. The van der Waals surface area contributed by atoms with Gasteiger partial charge in [0.2, 0.25) is 0 Å².